The Labute approximate surface area is 196 Å². The van der Waals surface area contributed by atoms with E-state index in [9.17, 15) is 0 Å². The van der Waals surface area contributed by atoms with Crippen LogP contribution < -0.4 is 15.5 Å². The topological polar surface area (TPSA) is 65.0 Å². The molecule has 0 spiro atoms. The van der Waals surface area contributed by atoms with Crippen molar-refractivity contribution in [3.63, 3.8) is 0 Å². The number of anilines is 1. The van der Waals surface area contributed by atoms with E-state index in [0.29, 0.717) is 11.1 Å². The van der Waals surface area contributed by atoms with E-state index < -0.39 is 0 Å². The number of hydrogen-bond acceptors (Lipinski definition) is 5. The Bertz CT molecular complexity index is 645. The van der Waals surface area contributed by atoms with Gasteiger partial charge in [-0.3, -0.25) is 9.89 Å². The third kappa shape index (κ3) is 7.73. The smallest absolute Gasteiger partial charge is 0.191 e. The predicted octanol–water partition coefficient (Wildman–Crippen LogP) is 2.60. The number of aromatic nitrogens is 1. The lowest BCUT2D eigenvalue weighted by Crippen LogP contribution is -2.45. The number of rotatable bonds is 10. The fraction of sp³-hybridized carbons (Fsp3) is 0.700. The van der Waals surface area contributed by atoms with Crippen molar-refractivity contribution < 1.29 is 4.74 Å². The standard InChI is InChI=1S/C20H33ClN6O.HI/c1-3-22-20(24-10-12-26(13-14-28-2)17-6-7-17)25-16-8-11-27(15-16)19-18(21)5-4-9-23-19;/h4-5,9,16-17H,3,6-8,10-15H2,1-2H3,(H2,22,24,25);1H. The van der Waals surface area contributed by atoms with Crippen LogP contribution in [0.3, 0.4) is 0 Å². The number of ether oxygens (including phenoxy) is 1. The summed E-state index contributed by atoms with van der Waals surface area (Å²) < 4.78 is 5.24. The van der Waals surface area contributed by atoms with Crippen LogP contribution in [-0.2, 0) is 4.74 Å². The first kappa shape index (κ1) is 24.4. The Morgan fingerprint density at radius 1 is 1.38 bits per heavy atom. The van der Waals surface area contributed by atoms with Gasteiger partial charge in [0.2, 0.25) is 0 Å². The van der Waals surface area contributed by atoms with Crippen LogP contribution >= 0.6 is 35.6 Å². The van der Waals surface area contributed by atoms with Gasteiger partial charge in [0.25, 0.3) is 0 Å². The van der Waals surface area contributed by atoms with Crippen molar-refractivity contribution in [2.24, 2.45) is 4.99 Å². The first-order valence-electron chi connectivity index (χ1n) is 10.3. The third-order valence-electron chi connectivity index (χ3n) is 5.21. The molecule has 164 valence electrons. The zero-order valence-electron chi connectivity index (χ0n) is 17.4. The van der Waals surface area contributed by atoms with E-state index in [4.69, 9.17) is 21.3 Å². The lowest BCUT2D eigenvalue weighted by atomic mass is 10.3. The summed E-state index contributed by atoms with van der Waals surface area (Å²) in [6, 6.07) is 4.83. The molecule has 1 aliphatic heterocycles. The average molecular weight is 537 g/mol. The summed E-state index contributed by atoms with van der Waals surface area (Å²) in [6.07, 6.45) is 5.45. The highest BCUT2D eigenvalue weighted by molar-refractivity contribution is 14.0. The van der Waals surface area contributed by atoms with Gasteiger partial charge in [-0.1, -0.05) is 11.6 Å². The van der Waals surface area contributed by atoms with Crippen molar-refractivity contribution in [2.45, 2.75) is 38.3 Å². The molecule has 2 N–H and O–H groups in total. The average Bonchev–Trinajstić information content (AvgIpc) is 3.44. The Hall–Kier alpha value is -0.840. The number of hydrogen-bond donors (Lipinski definition) is 2. The van der Waals surface area contributed by atoms with Gasteiger partial charge in [0.1, 0.15) is 5.82 Å². The van der Waals surface area contributed by atoms with Crippen LogP contribution in [0.25, 0.3) is 0 Å². The van der Waals surface area contributed by atoms with E-state index in [1.165, 1.54) is 12.8 Å². The minimum absolute atomic E-state index is 0. The van der Waals surface area contributed by atoms with E-state index >= 15 is 0 Å². The normalized spacial score (nSPS) is 19.4. The van der Waals surface area contributed by atoms with Gasteiger partial charge in [-0.2, -0.15) is 0 Å². The molecule has 0 radical (unpaired) electrons. The number of pyridine rings is 1. The summed E-state index contributed by atoms with van der Waals surface area (Å²) in [7, 11) is 1.76. The highest BCUT2D eigenvalue weighted by Crippen LogP contribution is 2.26. The number of nitrogens with zero attached hydrogens (tertiary/aromatic N) is 4. The van der Waals surface area contributed by atoms with Crippen molar-refractivity contribution in [3.05, 3.63) is 23.4 Å². The van der Waals surface area contributed by atoms with Gasteiger partial charge in [-0.25, -0.2) is 4.98 Å². The molecule has 1 saturated carbocycles. The van der Waals surface area contributed by atoms with Crippen LogP contribution in [-0.4, -0.2) is 80.9 Å². The van der Waals surface area contributed by atoms with Crippen LogP contribution in [0.1, 0.15) is 26.2 Å². The molecule has 3 rings (SSSR count). The first-order chi connectivity index (χ1) is 13.7. The molecule has 0 amide bonds. The van der Waals surface area contributed by atoms with Crippen LogP contribution in [0, 0.1) is 0 Å². The zero-order valence-corrected chi connectivity index (χ0v) is 20.5. The fourth-order valence-electron chi connectivity index (χ4n) is 3.61. The van der Waals surface area contributed by atoms with E-state index in [-0.39, 0.29) is 24.0 Å². The van der Waals surface area contributed by atoms with Crippen LogP contribution in [0.4, 0.5) is 5.82 Å². The first-order valence-corrected chi connectivity index (χ1v) is 10.7. The van der Waals surface area contributed by atoms with Gasteiger partial charge in [0.15, 0.2) is 5.96 Å². The second-order valence-electron chi connectivity index (χ2n) is 7.41. The quantitative estimate of drug-likeness (QED) is 0.272. The molecule has 1 aromatic rings. The SMILES string of the molecule is CCNC(=NCCN(CCOC)C1CC1)NC1CCN(c2ncccc2Cl)C1.I. The molecule has 1 aliphatic carbocycles. The Kier molecular flexibility index (Phi) is 10.8. The summed E-state index contributed by atoms with van der Waals surface area (Å²) in [5.41, 5.74) is 0. The van der Waals surface area contributed by atoms with Crippen molar-refractivity contribution in [3.8, 4) is 0 Å². The van der Waals surface area contributed by atoms with Crippen LogP contribution in [0.15, 0.2) is 23.3 Å². The number of nitrogens with one attached hydrogen (secondary N) is 2. The largest absolute Gasteiger partial charge is 0.383 e. The molecule has 29 heavy (non-hydrogen) atoms. The van der Waals surface area contributed by atoms with Crippen molar-refractivity contribution in [1.82, 2.24) is 20.5 Å². The zero-order chi connectivity index (χ0) is 19.8. The minimum Gasteiger partial charge on any atom is -0.383 e. The maximum atomic E-state index is 6.30. The minimum atomic E-state index is 0. The maximum Gasteiger partial charge on any atom is 0.191 e. The van der Waals surface area contributed by atoms with Crippen molar-refractivity contribution >= 4 is 47.4 Å². The summed E-state index contributed by atoms with van der Waals surface area (Å²) in [5.74, 6) is 1.76. The number of halogens is 2. The lowest BCUT2D eigenvalue weighted by molar-refractivity contribution is 0.145. The number of methoxy groups -OCH3 is 1. The molecule has 2 fully saturated rings. The lowest BCUT2D eigenvalue weighted by Gasteiger charge is -2.22. The van der Waals surface area contributed by atoms with Gasteiger partial charge in [0.05, 0.1) is 18.2 Å². The summed E-state index contributed by atoms with van der Waals surface area (Å²) in [4.78, 5) is 14.0. The summed E-state index contributed by atoms with van der Waals surface area (Å²) in [6.45, 7) is 8.31. The third-order valence-corrected chi connectivity index (χ3v) is 5.51. The predicted molar refractivity (Wildman–Crippen MR) is 131 cm³/mol. The molecular formula is C20H34ClIN6O. The maximum absolute atomic E-state index is 6.30. The monoisotopic (exact) mass is 536 g/mol. The number of aliphatic imine (C=N–C) groups is 1. The van der Waals surface area contributed by atoms with Gasteiger partial charge in [-0.05, 0) is 38.3 Å². The Morgan fingerprint density at radius 2 is 2.21 bits per heavy atom. The van der Waals surface area contributed by atoms with E-state index in [1.807, 2.05) is 12.1 Å². The van der Waals surface area contributed by atoms with E-state index in [0.717, 1.165) is 70.1 Å². The van der Waals surface area contributed by atoms with Gasteiger partial charge in [-0.15, -0.1) is 24.0 Å². The van der Waals surface area contributed by atoms with E-state index in [1.54, 1.807) is 13.3 Å². The number of guanidine groups is 1. The Morgan fingerprint density at radius 3 is 2.90 bits per heavy atom. The van der Waals surface area contributed by atoms with Gasteiger partial charge in [0, 0.05) is 58.1 Å². The molecule has 0 bridgehead atoms. The summed E-state index contributed by atoms with van der Waals surface area (Å²) in [5, 5.41) is 7.66. The molecule has 1 saturated heterocycles. The van der Waals surface area contributed by atoms with Gasteiger partial charge < -0.3 is 20.3 Å². The van der Waals surface area contributed by atoms with Gasteiger partial charge >= 0.3 is 0 Å². The molecule has 1 atom stereocenters. The van der Waals surface area contributed by atoms with Crippen LogP contribution in [0.5, 0.6) is 0 Å². The van der Waals surface area contributed by atoms with Crippen molar-refractivity contribution in [1.29, 1.82) is 0 Å². The Balaban J connectivity index is 0.00000300. The van der Waals surface area contributed by atoms with Crippen LogP contribution in [0.2, 0.25) is 5.02 Å². The van der Waals surface area contributed by atoms with Crippen molar-refractivity contribution in [2.75, 3.05) is 57.9 Å². The molecule has 1 aromatic heterocycles. The highest BCUT2D eigenvalue weighted by Gasteiger charge is 2.28. The highest BCUT2D eigenvalue weighted by atomic mass is 127. The fourth-order valence-corrected chi connectivity index (χ4v) is 3.85. The molecule has 2 aliphatic rings. The second-order valence-corrected chi connectivity index (χ2v) is 7.81. The summed E-state index contributed by atoms with van der Waals surface area (Å²) >= 11 is 6.30. The molecule has 2 heterocycles. The second kappa shape index (κ2) is 12.8. The molecule has 0 aromatic carbocycles. The molecule has 7 nitrogen and oxygen atoms in total. The molecule has 1 unspecified atom stereocenters. The molecular weight excluding hydrogens is 503 g/mol. The van der Waals surface area contributed by atoms with E-state index in [2.05, 4.69) is 32.3 Å². The molecule has 9 heteroatoms.